The van der Waals surface area contributed by atoms with Crippen LogP contribution in [0.4, 0.5) is 14.5 Å². The zero-order valence-electron chi connectivity index (χ0n) is 21.3. The highest BCUT2D eigenvalue weighted by Gasteiger charge is 2.29. The van der Waals surface area contributed by atoms with Gasteiger partial charge >= 0.3 is 0 Å². The van der Waals surface area contributed by atoms with Crippen molar-refractivity contribution in [2.75, 3.05) is 11.4 Å². The molecule has 0 aromatic heterocycles. The summed E-state index contributed by atoms with van der Waals surface area (Å²) >= 11 is 0. The number of carbonyl (C=O) groups excluding carboxylic acids is 3. The molecule has 0 aliphatic carbocycles. The van der Waals surface area contributed by atoms with Crippen LogP contribution >= 0.6 is 0 Å². The lowest BCUT2D eigenvalue weighted by Gasteiger charge is -2.27. The van der Waals surface area contributed by atoms with Crippen molar-refractivity contribution in [2.24, 2.45) is 0 Å². The summed E-state index contributed by atoms with van der Waals surface area (Å²) < 4.78 is 27.0. The normalized spacial score (nSPS) is 12.1. The number of amides is 3. The minimum atomic E-state index is -1.08. The third kappa shape index (κ3) is 8.05. The summed E-state index contributed by atoms with van der Waals surface area (Å²) in [5.41, 5.74) is 1.86. The van der Waals surface area contributed by atoms with Crippen LogP contribution in [0.5, 0.6) is 0 Å². The Morgan fingerprint density at radius 1 is 0.865 bits per heavy atom. The molecule has 0 saturated heterocycles. The highest BCUT2D eigenvalue weighted by molar-refractivity contribution is 6.17. The number of benzene rings is 3. The number of halogens is 2. The second-order valence-electron chi connectivity index (χ2n) is 9.83. The standard InChI is InChI=1S/C29H31F2N3O3/c1-19(33-26(35)15-20-13-23(30)17-24(31)14-20)28(37)34(27(36)18-32-29(2,3)4)25-12-8-11-22(16-25)21-9-6-5-7-10-21/h5-14,16-17,19,32H,15,18H2,1-4H3,(H,33,35)/t19-/m0/s1. The molecule has 0 aliphatic heterocycles. The van der Waals surface area contributed by atoms with E-state index in [-0.39, 0.29) is 24.1 Å². The number of nitrogens with zero attached hydrogens (tertiary/aromatic N) is 1. The van der Waals surface area contributed by atoms with Gasteiger partial charge in [-0.15, -0.1) is 0 Å². The highest BCUT2D eigenvalue weighted by atomic mass is 19.1. The van der Waals surface area contributed by atoms with Gasteiger partial charge in [0.2, 0.25) is 11.8 Å². The summed E-state index contributed by atoms with van der Waals surface area (Å²) in [5.74, 6) is -3.33. The van der Waals surface area contributed by atoms with Gasteiger partial charge in [0.25, 0.3) is 5.91 Å². The zero-order valence-corrected chi connectivity index (χ0v) is 21.3. The molecule has 0 unspecified atom stereocenters. The van der Waals surface area contributed by atoms with Gasteiger partial charge in [-0.25, -0.2) is 13.7 Å². The van der Waals surface area contributed by atoms with Crippen molar-refractivity contribution in [1.29, 1.82) is 0 Å². The molecule has 3 aromatic rings. The molecule has 37 heavy (non-hydrogen) atoms. The van der Waals surface area contributed by atoms with Crippen molar-refractivity contribution in [1.82, 2.24) is 10.6 Å². The molecule has 0 radical (unpaired) electrons. The van der Waals surface area contributed by atoms with Gasteiger partial charge in [-0.2, -0.15) is 0 Å². The predicted molar refractivity (Wildman–Crippen MR) is 140 cm³/mol. The maximum Gasteiger partial charge on any atom is 0.256 e. The Labute approximate surface area is 215 Å². The Morgan fingerprint density at radius 3 is 2.11 bits per heavy atom. The van der Waals surface area contributed by atoms with Gasteiger partial charge in [0.15, 0.2) is 0 Å². The molecule has 0 fully saturated rings. The molecule has 0 aliphatic rings. The number of carbonyl (C=O) groups is 3. The lowest BCUT2D eigenvalue weighted by atomic mass is 10.0. The van der Waals surface area contributed by atoms with E-state index in [1.807, 2.05) is 57.2 Å². The molecule has 0 saturated carbocycles. The van der Waals surface area contributed by atoms with Gasteiger partial charge in [0, 0.05) is 11.6 Å². The SMILES string of the molecule is C[C@H](NC(=O)Cc1cc(F)cc(F)c1)C(=O)N(C(=O)CNC(C)(C)C)c1cccc(-c2ccccc2)c1. The van der Waals surface area contributed by atoms with Crippen LogP contribution in [0.1, 0.15) is 33.3 Å². The van der Waals surface area contributed by atoms with E-state index in [0.717, 1.165) is 28.2 Å². The second kappa shape index (κ2) is 11.9. The van der Waals surface area contributed by atoms with Crippen LogP contribution in [-0.2, 0) is 20.8 Å². The Balaban J connectivity index is 1.84. The smallest absolute Gasteiger partial charge is 0.256 e. The molecule has 0 bridgehead atoms. The van der Waals surface area contributed by atoms with Gasteiger partial charge in [-0.1, -0.05) is 42.5 Å². The van der Waals surface area contributed by atoms with Gasteiger partial charge < -0.3 is 10.6 Å². The topological polar surface area (TPSA) is 78.5 Å². The minimum absolute atomic E-state index is 0.103. The van der Waals surface area contributed by atoms with E-state index < -0.39 is 35.4 Å². The molecule has 194 valence electrons. The lowest BCUT2D eigenvalue weighted by molar-refractivity contribution is -0.130. The summed E-state index contributed by atoms with van der Waals surface area (Å²) in [6.45, 7) is 7.07. The van der Waals surface area contributed by atoms with Crippen LogP contribution in [0.2, 0.25) is 0 Å². The first-order valence-corrected chi connectivity index (χ1v) is 11.9. The van der Waals surface area contributed by atoms with E-state index in [1.54, 1.807) is 18.2 Å². The monoisotopic (exact) mass is 507 g/mol. The number of anilines is 1. The molecular weight excluding hydrogens is 476 g/mol. The van der Waals surface area contributed by atoms with Crippen molar-refractivity contribution in [3.63, 3.8) is 0 Å². The summed E-state index contributed by atoms with van der Waals surface area (Å²) in [4.78, 5) is 40.4. The molecule has 6 nitrogen and oxygen atoms in total. The molecule has 3 aromatic carbocycles. The highest BCUT2D eigenvalue weighted by Crippen LogP contribution is 2.25. The third-order valence-corrected chi connectivity index (χ3v) is 5.49. The van der Waals surface area contributed by atoms with Crippen LogP contribution in [0.25, 0.3) is 11.1 Å². The van der Waals surface area contributed by atoms with Crippen LogP contribution in [0.15, 0.2) is 72.8 Å². The first-order valence-electron chi connectivity index (χ1n) is 11.9. The number of nitrogens with one attached hydrogen (secondary N) is 2. The average Bonchev–Trinajstić information content (AvgIpc) is 2.82. The Kier molecular flexibility index (Phi) is 8.89. The fourth-order valence-electron chi connectivity index (χ4n) is 3.72. The summed E-state index contributed by atoms with van der Waals surface area (Å²) in [7, 11) is 0. The number of imide groups is 1. The lowest BCUT2D eigenvalue weighted by Crippen LogP contribution is -2.53. The van der Waals surface area contributed by atoms with Crippen molar-refractivity contribution in [3.8, 4) is 11.1 Å². The van der Waals surface area contributed by atoms with Crippen LogP contribution in [0, 0.1) is 11.6 Å². The summed E-state index contributed by atoms with van der Waals surface area (Å²) in [5, 5.41) is 5.64. The van der Waals surface area contributed by atoms with Crippen LogP contribution in [0.3, 0.4) is 0 Å². The van der Waals surface area contributed by atoms with E-state index >= 15 is 0 Å². The van der Waals surface area contributed by atoms with Crippen molar-refractivity contribution >= 4 is 23.4 Å². The Morgan fingerprint density at radius 2 is 1.49 bits per heavy atom. The second-order valence-corrected chi connectivity index (χ2v) is 9.83. The number of hydrogen-bond acceptors (Lipinski definition) is 4. The van der Waals surface area contributed by atoms with Gasteiger partial charge in [-0.05, 0) is 68.7 Å². The van der Waals surface area contributed by atoms with Crippen molar-refractivity contribution in [3.05, 3.63) is 90.0 Å². The molecule has 0 spiro atoms. The molecule has 1 atom stereocenters. The van der Waals surface area contributed by atoms with Crippen molar-refractivity contribution < 1.29 is 23.2 Å². The maximum atomic E-state index is 13.5. The van der Waals surface area contributed by atoms with Gasteiger partial charge in [0.1, 0.15) is 17.7 Å². The van der Waals surface area contributed by atoms with Crippen molar-refractivity contribution in [2.45, 2.75) is 45.7 Å². The third-order valence-electron chi connectivity index (χ3n) is 5.49. The maximum absolute atomic E-state index is 13.5. The molecule has 3 rings (SSSR count). The number of hydrogen-bond donors (Lipinski definition) is 2. The van der Waals surface area contributed by atoms with Crippen LogP contribution < -0.4 is 15.5 Å². The molecule has 3 amide bonds. The quantitative estimate of drug-likeness (QED) is 0.466. The van der Waals surface area contributed by atoms with E-state index in [9.17, 15) is 23.2 Å². The van der Waals surface area contributed by atoms with E-state index in [4.69, 9.17) is 0 Å². The van der Waals surface area contributed by atoms with E-state index in [0.29, 0.717) is 11.8 Å². The summed E-state index contributed by atoms with van der Waals surface area (Å²) in [6, 6.07) is 18.3. The molecule has 8 heteroatoms. The minimum Gasteiger partial charge on any atom is -0.344 e. The first kappa shape index (κ1) is 27.7. The first-order chi connectivity index (χ1) is 17.4. The van der Waals surface area contributed by atoms with E-state index in [2.05, 4.69) is 10.6 Å². The van der Waals surface area contributed by atoms with Gasteiger partial charge in [-0.3, -0.25) is 14.4 Å². The zero-order chi connectivity index (χ0) is 27.2. The summed E-state index contributed by atoms with van der Waals surface area (Å²) in [6.07, 6.45) is -0.324. The molecule has 2 N–H and O–H groups in total. The molecular formula is C29H31F2N3O3. The predicted octanol–water partition coefficient (Wildman–Crippen LogP) is 4.63. The Bertz CT molecular complexity index is 1250. The van der Waals surface area contributed by atoms with Gasteiger partial charge in [0.05, 0.1) is 18.7 Å². The average molecular weight is 508 g/mol. The number of rotatable bonds is 8. The largest absolute Gasteiger partial charge is 0.344 e. The van der Waals surface area contributed by atoms with Crippen LogP contribution in [-0.4, -0.2) is 35.8 Å². The molecule has 0 heterocycles. The van der Waals surface area contributed by atoms with E-state index in [1.165, 1.54) is 6.92 Å². The Hall–Kier alpha value is -3.91. The fourth-order valence-corrected chi connectivity index (χ4v) is 3.72. The fraction of sp³-hybridized carbons (Fsp3) is 0.276.